The van der Waals surface area contributed by atoms with Crippen LogP contribution in [0, 0.1) is 12.7 Å². The smallest absolute Gasteiger partial charge is 0.325 e. The zero-order chi connectivity index (χ0) is 21.5. The first-order valence-corrected chi connectivity index (χ1v) is 9.38. The van der Waals surface area contributed by atoms with E-state index in [9.17, 15) is 18.8 Å². The third-order valence-corrected chi connectivity index (χ3v) is 5.17. The average Bonchev–Trinajstić information content (AvgIpc) is 2.94. The lowest BCUT2D eigenvalue weighted by Gasteiger charge is -2.25. The standard InChI is InChI=1S/C21H20FN3O5/c1-12-3-5-14(22)10-15(12)23-18(26)11-25-19(27)21(2,24-20(25)28)13-4-6-16-17(9-13)30-8-7-29-16/h3-6,9-10H,7-8,11H2,1-2H3,(H,23,26)(H,24,28)/t21-/m0/s1. The minimum absolute atomic E-state index is 0.279. The Morgan fingerprint density at radius 3 is 2.67 bits per heavy atom. The van der Waals surface area contributed by atoms with Crippen molar-refractivity contribution >= 4 is 23.5 Å². The van der Waals surface area contributed by atoms with Crippen LogP contribution in [0.25, 0.3) is 0 Å². The Kier molecular flexibility index (Phi) is 4.81. The lowest BCUT2D eigenvalue weighted by atomic mass is 9.91. The monoisotopic (exact) mass is 413 g/mol. The molecule has 1 fully saturated rings. The van der Waals surface area contributed by atoms with Crippen LogP contribution in [0.5, 0.6) is 11.5 Å². The van der Waals surface area contributed by atoms with Gasteiger partial charge in [-0.2, -0.15) is 0 Å². The lowest BCUT2D eigenvalue weighted by molar-refractivity contribution is -0.133. The van der Waals surface area contributed by atoms with Gasteiger partial charge in [-0.25, -0.2) is 9.18 Å². The topological polar surface area (TPSA) is 97.0 Å². The summed E-state index contributed by atoms with van der Waals surface area (Å²) in [6.07, 6.45) is 0. The highest BCUT2D eigenvalue weighted by atomic mass is 19.1. The fourth-order valence-corrected chi connectivity index (χ4v) is 3.45. The molecule has 2 aromatic carbocycles. The molecule has 4 rings (SSSR count). The Hall–Kier alpha value is -3.62. The van der Waals surface area contributed by atoms with Gasteiger partial charge in [0.25, 0.3) is 5.91 Å². The van der Waals surface area contributed by atoms with Crippen LogP contribution >= 0.6 is 0 Å². The van der Waals surface area contributed by atoms with Crippen molar-refractivity contribution in [3.8, 4) is 11.5 Å². The molecule has 156 valence electrons. The fourth-order valence-electron chi connectivity index (χ4n) is 3.45. The summed E-state index contributed by atoms with van der Waals surface area (Å²) < 4.78 is 24.5. The molecule has 8 nitrogen and oxygen atoms in total. The number of urea groups is 1. The largest absolute Gasteiger partial charge is 0.486 e. The molecule has 1 saturated heterocycles. The van der Waals surface area contributed by atoms with E-state index in [4.69, 9.17) is 9.47 Å². The van der Waals surface area contributed by atoms with E-state index >= 15 is 0 Å². The number of imide groups is 1. The SMILES string of the molecule is Cc1ccc(F)cc1NC(=O)CN1C(=O)N[C@@](C)(c2ccc3c(c2)OCCO3)C1=O. The minimum atomic E-state index is -1.36. The second kappa shape index (κ2) is 7.33. The van der Waals surface area contributed by atoms with Crippen LogP contribution in [0.3, 0.4) is 0 Å². The first-order valence-electron chi connectivity index (χ1n) is 9.38. The van der Waals surface area contributed by atoms with Crippen molar-refractivity contribution in [2.45, 2.75) is 19.4 Å². The van der Waals surface area contributed by atoms with E-state index in [1.807, 2.05) is 0 Å². The number of aryl methyl sites for hydroxylation is 1. The third kappa shape index (κ3) is 3.42. The van der Waals surface area contributed by atoms with Gasteiger partial charge in [0.1, 0.15) is 31.1 Å². The van der Waals surface area contributed by atoms with Crippen molar-refractivity contribution < 1.29 is 28.2 Å². The number of amides is 4. The van der Waals surface area contributed by atoms with Gasteiger partial charge in [-0.1, -0.05) is 12.1 Å². The number of ether oxygens (including phenoxy) is 2. The molecule has 0 saturated carbocycles. The number of nitrogens with one attached hydrogen (secondary N) is 2. The van der Waals surface area contributed by atoms with Crippen LogP contribution in [0.15, 0.2) is 36.4 Å². The summed E-state index contributed by atoms with van der Waals surface area (Å²) in [6.45, 7) is 3.60. The van der Waals surface area contributed by atoms with Crippen molar-refractivity contribution in [3.05, 3.63) is 53.3 Å². The Morgan fingerprint density at radius 1 is 1.17 bits per heavy atom. The number of carbonyl (C=O) groups is 3. The lowest BCUT2D eigenvalue weighted by Crippen LogP contribution is -2.42. The molecule has 0 radical (unpaired) electrons. The van der Waals surface area contributed by atoms with Crippen LogP contribution in [0.1, 0.15) is 18.1 Å². The van der Waals surface area contributed by atoms with E-state index in [-0.39, 0.29) is 5.69 Å². The molecule has 0 spiro atoms. The summed E-state index contributed by atoms with van der Waals surface area (Å²) in [7, 11) is 0. The van der Waals surface area contributed by atoms with Crippen molar-refractivity contribution in [3.63, 3.8) is 0 Å². The molecule has 0 aliphatic carbocycles. The summed E-state index contributed by atoms with van der Waals surface area (Å²) in [5, 5.41) is 5.18. The van der Waals surface area contributed by atoms with Gasteiger partial charge in [-0.15, -0.1) is 0 Å². The number of halogens is 1. The van der Waals surface area contributed by atoms with Gasteiger partial charge in [-0.3, -0.25) is 14.5 Å². The Balaban J connectivity index is 1.52. The summed E-state index contributed by atoms with van der Waals surface area (Å²) >= 11 is 0. The number of anilines is 1. The van der Waals surface area contributed by atoms with E-state index in [0.29, 0.717) is 35.8 Å². The van der Waals surface area contributed by atoms with E-state index in [0.717, 1.165) is 4.90 Å². The average molecular weight is 413 g/mol. The van der Waals surface area contributed by atoms with E-state index in [1.165, 1.54) is 18.2 Å². The maximum atomic E-state index is 13.4. The molecule has 2 heterocycles. The number of hydrogen-bond donors (Lipinski definition) is 2. The first kappa shape index (κ1) is 19.7. The van der Waals surface area contributed by atoms with Gasteiger partial charge in [0.05, 0.1) is 0 Å². The summed E-state index contributed by atoms with van der Waals surface area (Å²) in [4.78, 5) is 38.8. The highest BCUT2D eigenvalue weighted by Gasteiger charge is 2.49. The number of hydrogen-bond acceptors (Lipinski definition) is 5. The summed E-state index contributed by atoms with van der Waals surface area (Å²) in [5.74, 6) is -0.641. The predicted molar refractivity (Wildman–Crippen MR) is 105 cm³/mol. The summed E-state index contributed by atoms with van der Waals surface area (Å²) in [5.41, 5.74) is 0.0841. The Morgan fingerprint density at radius 2 is 1.90 bits per heavy atom. The molecule has 2 aliphatic heterocycles. The molecular formula is C21H20FN3O5. The molecule has 0 aromatic heterocycles. The zero-order valence-corrected chi connectivity index (χ0v) is 16.5. The number of benzene rings is 2. The van der Waals surface area contributed by atoms with Gasteiger partial charge in [-0.05, 0) is 49.2 Å². The van der Waals surface area contributed by atoms with E-state index in [1.54, 1.807) is 32.0 Å². The van der Waals surface area contributed by atoms with Crippen LogP contribution in [-0.4, -0.2) is 42.5 Å². The Bertz CT molecular complexity index is 1060. The van der Waals surface area contributed by atoms with E-state index in [2.05, 4.69) is 10.6 Å². The highest BCUT2D eigenvalue weighted by molar-refractivity contribution is 6.10. The first-order chi connectivity index (χ1) is 14.3. The van der Waals surface area contributed by atoms with Gasteiger partial charge < -0.3 is 20.1 Å². The highest BCUT2D eigenvalue weighted by Crippen LogP contribution is 2.36. The van der Waals surface area contributed by atoms with Crippen LogP contribution < -0.4 is 20.1 Å². The summed E-state index contributed by atoms with van der Waals surface area (Å²) in [6, 6.07) is 8.29. The fraction of sp³-hybridized carbons (Fsp3) is 0.286. The maximum absolute atomic E-state index is 13.4. The van der Waals surface area contributed by atoms with Crippen molar-refractivity contribution in [1.82, 2.24) is 10.2 Å². The quantitative estimate of drug-likeness (QED) is 0.750. The minimum Gasteiger partial charge on any atom is -0.486 e. The van der Waals surface area contributed by atoms with Crippen LogP contribution in [-0.2, 0) is 15.1 Å². The molecule has 2 aliphatic rings. The second-order valence-corrected chi connectivity index (χ2v) is 7.31. The second-order valence-electron chi connectivity index (χ2n) is 7.31. The zero-order valence-electron chi connectivity index (χ0n) is 16.5. The number of nitrogens with zero attached hydrogens (tertiary/aromatic N) is 1. The number of fused-ring (bicyclic) bond motifs is 1. The van der Waals surface area contributed by atoms with Crippen molar-refractivity contribution in [2.75, 3.05) is 25.1 Å². The molecule has 1 atom stereocenters. The third-order valence-electron chi connectivity index (χ3n) is 5.17. The molecule has 2 N–H and O–H groups in total. The molecule has 0 bridgehead atoms. The molecule has 2 aromatic rings. The van der Waals surface area contributed by atoms with E-state index < -0.39 is 35.7 Å². The Labute approximate surface area is 171 Å². The molecule has 0 unspecified atom stereocenters. The van der Waals surface area contributed by atoms with Crippen LogP contribution in [0.4, 0.5) is 14.9 Å². The molecule has 9 heteroatoms. The number of rotatable bonds is 4. The van der Waals surface area contributed by atoms with Gasteiger partial charge in [0.15, 0.2) is 11.5 Å². The van der Waals surface area contributed by atoms with Crippen molar-refractivity contribution in [2.24, 2.45) is 0 Å². The molecular weight excluding hydrogens is 393 g/mol. The van der Waals surface area contributed by atoms with Gasteiger partial charge in [0.2, 0.25) is 5.91 Å². The molecule has 30 heavy (non-hydrogen) atoms. The normalized spacial score (nSPS) is 20.2. The maximum Gasteiger partial charge on any atom is 0.325 e. The van der Waals surface area contributed by atoms with Crippen LogP contribution in [0.2, 0.25) is 0 Å². The van der Waals surface area contributed by atoms with Gasteiger partial charge in [0, 0.05) is 5.69 Å². The van der Waals surface area contributed by atoms with Crippen molar-refractivity contribution in [1.29, 1.82) is 0 Å². The predicted octanol–water partition coefficient (Wildman–Crippen LogP) is 2.31. The number of carbonyl (C=O) groups excluding carboxylic acids is 3. The van der Waals surface area contributed by atoms with Gasteiger partial charge >= 0.3 is 6.03 Å². The molecule has 4 amide bonds.